The summed E-state index contributed by atoms with van der Waals surface area (Å²) in [5.41, 5.74) is -5.36. The molecule has 0 bridgehead atoms. The van der Waals surface area contributed by atoms with Crippen molar-refractivity contribution in [3.63, 3.8) is 0 Å². The first-order valence-corrected chi connectivity index (χ1v) is 4.62. The van der Waals surface area contributed by atoms with Gasteiger partial charge in [-0.3, -0.25) is 4.79 Å². The van der Waals surface area contributed by atoms with E-state index in [0.29, 0.717) is 6.07 Å². The van der Waals surface area contributed by atoms with Gasteiger partial charge in [0.25, 0.3) is 0 Å². The Kier molecular flexibility index (Phi) is 3.78. The van der Waals surface area contributed by atoms with Crippen molar-refractivity contribution in [3.8, 4) is 0 Å². The van der Waals surface area contributed by atoms with Gasteiger partial charge in [0.2, 0.25) is 0 Å². The Bertz CT molecular complexity index is 502. The fourth-order valence-electron chi connectivity index (χ4n) is 1.45. The molecule has 0 unspecified atom stereocenters. The van der Waals surface area contributed by atoms with E-state index in [2.05, 4.69) is 0 Å². The Morgan fingerprint density at radius 1 is 1.05 bits per heavy atom. The minimum absolute atomic E-state index is 0.0862. The third-order valence-electron chi connectivity index (χ3n) is 2.16. The highest BCUT2D eigenvalue weighted by atomic mass is 19.4. The summed E-state index contributed by atoms with van der Waals surface area (Å²) in [7, 11) is 0. The minimum atomic E-state index is -5.42. The van der Waals surface area contributed by atoms with E-state index in [-0.39, 0.29) is 6.07 Å². The van der Waals surface area contributed by atoms with Crippen LogP contribution >= 0.6 is 0 Å². The molecule has 1 rings (SSSR count). The van der Waals surface area contributed by atoms with Crippen LogP contribution in [0.15, 0.2) is 12.1 Å². The van der Waals surface area contributed by atoms with Gasteiger partial charge in [-0.2, -0.15) is 26.3 Å². The van der Waals surface area contributed by atoms with Gasteiger partial charge < -0.3 is 5.11 Å². The Morgan fingerprint density at radius 3 is 1.95 bits per heavy atom. The van der Waals surface area contributed by atoms with E-state index in [9.17, 15) is 35.5 Å². The van der Waals surface area contributed by atoms with Gasteiger partial charge in [-0.1, -0.05) is 6.07 Å². The molecule has 0 aliphatic rings. The molecule has 0 heterocycles. The third-order valence-corrected chi connectivity index (χ3v) is 2.16. The lowest BCUT2D eigenvalue weighted by molar-refractivity contribution is -0.148. The van der Waals surface area contributed by atoms with Crippen LogP contribution in [0.5, 0.6) is 0 Å². The zero-order valence-corrected chi connectivity index (χ0v) is 8.86. The van der Waals surface area contributed by atoms with E-state index in [1.165, 1.54) is 0 Å². The lowest BCUT2D eigenvalue weighted by Crippen LogP contribution is -2.19. The van der Waals surface area contributed by atoms with Crippen molar-refractivity contribution in [3.05, 3.63) is 34.6 Å². The second kappa shape index (κ2) is 4.71. The maximum Gasteiger partial charge on any atom is 0.419 e. The zero-order valence-electron chi connectivity index (χ0n) is 8.86. The van der Waals surface area contributed by atoms with Gasteiger partial charge in [-0.05, 0) is 11.6 Å². The average Bonchev–Trinajstić information content (AvgIpc) is 2.11. The lowest BCUT2D eigenvalue weighted by Gasteiger charge is -2.16. The first-order valence-electron chi connectivity index (χ1n) is 4.62. The molecule has 1 aromatic carbocycles. The first-order chi connectivity index (χ1) is 8.44. The average molecular weight is 290 g/mol. The molecule has 0 fully saturated rings. The molecule has 0 atom stereocenters. The number of alkyl halides is 6. The molecule has 0 aliphatic carbocycles. The molecule has 0 amide bonds. The number of aliphatic carboxylic acids is 1. The van der Waals surface area contributed by atoms with Crippen LogP contribution in [0.3, 0.4) is 0 Å². The minimum Gasteiger partial charge on any atom is -0.481 e. The summed E-state index contributed by atoms with van der Waals surface area (Å²) < 4.78 is 87.8. The monoisotopic (exact) mass is 290 g/mol. The van der Waals surface area contributed by atoms with E-state index in [0.717, 1.165) is 0 Å². The molecule has 19 heavy (non-hydrogen) atoms. The van der Waals surface area contributed by atoms with Gasteiger partial charge in [-0.15, -0.1) is 0 Å². The van der Waals surface area contributed by atoms with Crippen LogP contribution in [-0.4, -0.2) is 11.1 Å². The summed E-state index contributed by atoms with van der Waals surface area (Å²) in [5.74, 6) is -4.23. The van der Waals surface area contributed by atoms with Crippen molar-refractivity contribution in [2.75, 3.05) is 0 Å². The Balaban J connectivity index is 3.55. The summed E-state index contributed by atoms with van der Waals surface area (Å²) in [6.45, 7) is 0. The topological polar surface area (TPSA) is 37.3 Å². The summed E-state index contributed by atoms with van der Waals surface area (Å²) in [5, 5.41) is 8.37. The quantitative estimate of drug-likeness (QED) is 0.846. The van der Waals surface area contributed by atoms with Gasteiger partial charge in [0.1, 0.15) is 5.82 Å². The van der Waals surface area contributed by atoms with Crippen LogP contribution in [0.4, 0.5) is 30.7 Å². The van der Waals surface area contributed by atoms with Crippen LogP contribution in [0.1, 0.15) is 16.7 Å². The number of carboxylic acid groups (broad SMARTS) is 1. The van der Waals surface area contributed by atoms with Crippen molar-refractivity contribution in [2.24, 2.45) is 0 Å². The maximum absolute atomic E-state index is 13.3. The predicted octanol–water partition coefficient (Wildman–Crippen LogP) is 3.49. The van der Waals surface area contributed by atoms with E-state index >= 15 is 0 Å². The molecular formula is C10H5F7O2. The number of carbonyl (C=O) groups is 1. The number of rotatable bonds is 2. The molecule has 106 valence electrons. The van der Waals surface area contributed by atoms with E-state index in [1.54, 1.807) is 0 Å². The second-order valence-corrected chi connectivity index (χ2v) is 3.53. The Labute approximate surface area is 101 Å². The van der Waals surface area contributed by atoms with Gasteiger partial charge in [-0.25, -0.2) is 4.39 Å². The number of halogens is 7. The molecule has 0 saturated carbocycles. The molecule has 0 radical (unpaired) electrons. The predicted molar refractivity (Wildman–Crippen MR) is 47.7 cm³/mol. The highest BCUT2D eigenvalue weighted by Crippen LogP contribution is 2.40. The lowest BCUT2D eigenvalue weighted by atomic mass is 9.99. The molecule has 2 nitrogen and oxygen atoms in total. The number of benzene rings is 1. The molecule has 0 saturated heterocycles. The summed E-state index contributed by atoms with van der Waals surface area (Å²) in [4.78, 5) is 10.3. The largest absolute Gasteiger partial charge is 0.481 e. The maximum atomic E-state index is 13.3. The van der Waals surface area contributed by atoms with Crippen molar-refractivity contribution in [1.29, 1.82) is 0 Å². The van der Waals surface area contributed by atoms with Gasteiger partial charge in [0, 0.05) is 0 Å². The standard InChI is InChI=1S/C10H5F7O2/c11-8-5(9(12,13)14)2-1-4(3-6(18)19)7(8)10(15,16)17/h1-2H,3H2,(H,18,19). The summed E-state index contributed by atoms with van der Waals surface area (Å²) >= 11 is 0. The van der Waals surface area contributed by atoms with Gasteiger partial charge in [0.05, 0.1) is 17.5 Å². The first kappa shape index (κ1) is 15.3. The highest BCUT2D eigenvalue weighted by Gasteiger charge is 2.43. The summed E-state index contributed by atoms with van der Waals surface area (Å²) in [6, 6.07) is 0.395. The van der Waals surface area contributed by atoms with Crippen LogP contribution in [0, 0.1) is 5.82 Å². The smallest absolute Gasteiger partial charge is 0.419 e. The van der Waals surface area contributed by atoms with Crippen molar-refractivity contribution >= 4 is 5.97 Å². The van der Waals surface area contributed by atoms with Crippen molar-refractivity contribution in [2.45, 2.75) is 18.8 Å². The zero-order chi connectivity index (χ0) is 15.0. The fraction of sp³-hybridized carbons (Fsp3) is 0.300. The Morgan fingerprint density at radius 2 is 1.58 bits per heavy atom. The van der Waals surface area contributed by atoms with Crippen LogP contribution < -0.4 is 0 Å². The molecule has 1 aromatic rings. The molecule has 1 N–H and O–H groups in total. The van der Waals surface area contributed by atoms with Gasteiger partial charge >= 0.3 is 18.3 Å². The SMILES string of the molecule is O=C(O)Cc1ccc(C(F)(F)F)c(F)c1C(F)(F)F. The van der Waals surface area contributed by atoms with Crippen LogP contribution in [-0.2, 0) is 23.6 Å². The summed E-state index contributed by atoms with van der Waals surface area (Å²) in [6.07, 6.45) is -12.0. The molecular weight excluding hydrogens is 285 g/mol. The van der Waals surface area contributed by atoms with E-state index < -0.39 is 47.3 Å². The molecule has 0 aliphatic heterocycles. The third kappa shape index (κ3) is 3.36. The van der Waals surface area contributed by atoms with Gasteiger partial charge in [0.15, 0.2) is 0 Å². The van der Waals surface area contributed by atoms with E-state index in [4.69, 9.17) is 5.11 Å². The van der Waals surface area contributed by atoms with E-state index in [1.807, 2.05) is 0 Å². The highest BCUT2D eigenvalue weighted by molar-refractivity contribution is 5.71. The van der Waals surface area contributed by atoms with Crippen LogP contribution in [0.2, 0.25) is 0 Å². The second-order valence-electron chi connectivity index (χ2n) is 3.53. The molecule has 0 spiro atoms. The molecule has 0 aromatic heterocycles. The number of carboxylic acids is 1. The fourth-order valence-corrected chi connectivity index (χ4v) is 1.45. The molecule has 9 heteroatoms. The number of hydrogen-bond donors (Lipinski definition) is 1. The normalized spacial score (nSPS) is 12.6. The number of hydrogen-bond acceptors (Lipinski definition) is 1. The Hall–Kier alpha value is -1.80. The van der Waals surface area contributed by atoms with Crippen LogP contribution in [0.25, 0.3) is 0 Å². The van der Waals surface area contributed by atoms with Crippen molar-refractivity contribution in [1.82, 2.24) is 0 Å². The van der Waals surface area contributed by atoms with Crippen molar-refractivity contribution < 1.29 is 40.6 Å².